The molecule has 1 aromatic heterocycles. The van der Waals surface area contributed by atoms with E-state index < -0.39 is 12.1 Å². The first-order valence-electron chi connectivity index (χ1n) is 7.33. The normalized spacial score (nSPS) is 16.7. The van der Waals surface area contributed by atoms with Crippen LogP contribution in [-0.4, -0.2) is 29.2 Å². The lowest BCUT2D eigenvalue weighted by Crippen LogP contribution is -2.43. The van der Waals surface area contributed by atoms with Crippen LogP contribution < -0.4 is 0 Å². The third-order valence-corrected chi connectivity index (χ3v) is 5.10. The summed E-state index contributed by atoms with van der Waals surface area (Å²) in [6.07, 6.45) is 0.258. The summed E-state index contributed by atoms with van der Waals surface area (Å²) in [5.74, 6) is -0.301. The first kappa shape index (κ1) is 16.0. The fraction of sp³-hybridized carbons (Fsp3) is 0.294. The molecule has 2 aromatic rings. The van der Waals surface area contributed by atoms with E-state index in [-0.39, 0.29) is 18.3 Å². The molecule has 0 saturated heterocycles. The van der Waals surface area contributed by atoms with E-state index in [4.69, 9.17) is 16.3 Å². The highest BCUT2D eigenvalue weighted by Crippen LogP contribution is 2.34. The number of carbonyl (C=O) groups is 2. The molecule has 2 heterocycles. The van der Waals surface area contributed by atoms with Crippen LogP contribution >= 0.6 is 22.9 Å². The Morgan fingerprint density at radius 1 is 1.26 bits per heavy atom. The second-order valence-electron chi connectivity index (χ2n) is 5.29. The Kier molecular flexibility index (Phi) is 4.98. The summed E-state index contributed by atoms with van der Waals surface area (Å²) in [6.45, 7) is 0.656. The minimum absolute atomic E-state index is 0.123. The maximum Gasteiger partial charge on any atom is 0.411 e. The van der Waals surface area contributed by atoms with Crippen LogP contribution in [-0.2, 0) is 22.6 Å². The Bertz CT molecular complexity index is 701. The number of carbonyl (C=O) groups excluding carboxylic acids is 2. The molecule has 4 nitrogen and oxygen atoms in total. The van der Waals surface area contributed by atoms with Crippen molar-refractivity contribution in [3.05, 3.63) is 57.8 Å². The number of benzene rings is 1. The van der Waals surface area contributed by atoms with E-state index in [1.54, 1.807) is 11.3 Å². The fourth-order valence-corrected chi connectivity index (χ4v) is 3.79. The van der Waals surface area contributed by atoms with Gasteiger partial charge in [0.05, 0.1) is 5.88 Å². The number of ether oxygens (including phenoxy) is 1. The zero-order chi connectivity index (χ0) is 16.2. The van der Waals surface area contributed by atoms with Gasteiger partial charge in [-0.1, -0.05) is 30.3 Å². The van der Waals surface area contributed by atoms with Crippen molar-refractivity contribution in [2.24, 2.45) is 0 Å². The highest BCUT2D eigenvalue weighted by atomic mass is 35.5. The molecule has 1 aromatic carbocycles. The Morgan fingerprint density at radius 3 is 2.78 bits per heavy atom. The maximum absolute atomic E-state index is 12.4. The summed E-state index contributed by atoms with van der Waals surface area (Å²) in [6, 6.07) is 10.7. The van der Waals surface area contributed by atoms with Crippen LogP contribution in [0.3, 0.4) is 0 Å². The van der Waals surface area contributed by atoms with E-state index in [0.29, 0.717) is 6.54 Å². The Morgan fingerprint density at radius 2 is 2.04 bits per heavy atom. The molecule has 6 heteroatoms. The van der Waals surface area contributed by atoms with E-state index in [1.165, 1.54) is 4.90 Å². The van der Waals surface area contributed by atoms with Crippen molar-refractivity contribution in [2.75, 3.05) is 12.4 Å². The summed E-state index contributed by atoms with van der Waals surface area (Å²) in [5.41, 5.74) is 1.79. The fourth-order valence-electron chi connectivity index (χ4n) is 2.74. The van der Waals surface area contributed by atoms with E-state index in [1.807, 2.05) is 41.8 Å². The number of thiophene rings is 1. The molecule has 3 rings (SSSR count). The molecular formula is C17H16ClNO3S. The SMILES string of the molecule is O=C(CCl)C1c2ccsc2CCN1C(=O)OCc1ccccc1. The molecule has 0 radical (unpaired) electrons. The molecule has 1 aliphatic heterocycles. The zero-order valence-electron chi connectivity index (χ0n) is 12.4. The predicted octanol–water partition coefficient (Wildman–Crippen LogP) is 3.79. The van der Waals surface area contributed by atoms with Crippen LogP contribution in [0.25, 0.3) is 0 Å². The van der Waals surface area contributed by atoms with Gasteiger partial charge in [0, 0.05) is 11.4 Å². The summed E-state index contributed by atoms with van der Waals surface area (Å²) in [4.78, 5) is 27.3. The summed E-state index contributed by atoms with van der Waals surface area (Å²) < 4.78 is 5.38. The maximum atomic E-state index is 12.4. The van der Waals surface area contributed by atoms with Crippen molar-refractivity contribution in [3.63, 3.8) is 0 Å². The molecule has 1 atom stereocenters. The van der Waals surface area contributed by atoms with Crippen molar-refractivity contribution >= 4 is 34.8 Å². The van der Waals surface area contributed by atoms with Gasteiger partial charge in [-0.2, -0.15) is 0 Å². The minimum atomic E-state index is -0.634. The van der Waals surface area contributed by atoms with Crippen LogP contribution in [0, 0.1) is 0 Å². The van der Waals surface area contributed by atoms with Gasteiger partial charge in [-0.3, -0.25) is 9.69 Å². The van der Waals surface area contributed by atoms with Gasteiger partial charge in [-0.15, -0.1) is 22.9 Å². The number of alkyl halides is 1. The van der Waals surface area contributed by atoms with Crippen LogP contribution in [0.4, 0.5) is 4.79 Å². The van der Waals surface area contributed by atoms with Crippen LogP contribution in [0.5, 0.6) is 0 Å². The van der Waals surface area contributed by atoms with E-state index in [0.717, 1.165) is 22.4 Å². The molecule has 0 bridgehead atoms. The standard InChI is InChI=1S/C17H16ClNO3S/c18-10-14(20)16-13-7-9-23-15(13)6-8-19(16)17(21)22-11-12-4-2-1-3-5-12/h1-5,7,9,16H,6,8,10-11H2. The average molecular weight is 350 g/mol. The molecule has 1 aliphatic rings. The average Bonchev–Trinajstić information content (AvgIpc) is 3.07. The van der Waals surface area contributed by atoms with Gasteiger partial charge in [0.2, 0.25) is 0 Å². The second-order valence-corrected chi connectivity index (χ2v) is 6.55. The molecule has 0 aliphatic carbocycles. The molecule has 0 N–H and O–H groups in total. The number of Topliss-reactive ketones (excluding diaryl/α,β-unsaturated/α-hetero) is 1. The Hall–Kier alpha value is -1.85. The van der Waals surface area contributed by atoms with Crippen molar-refractivity contribution < 1.29 is 14.3 Å². The van der Waals surface area contributed by atoms with Gasteiger partial charge in [-0.05, 0) is 29.0 Å². The molecule has 120 valence electrons. The summed E-state index contributed by atoms with van der Waals surface area (Å²) in [5, 5.41) is 1.94. The third-order valence-electron chi connectivity index (χ3n) is 3.84. The molecule has 0 fully saturated rings. The number of halogens is 1. The number of nitrogens with zero attached hydrogens (tertiary/aromatic N) is 1. The quantitative estimate of drug-likeness (QED) is 0.789. The van der Waals surface area contributed by atoms with Crippen molar-refractivity contribution in [3.8, 4) is 0 Å². The van der Waals surface area contributed by atoms with Gasteiger partial charge < -0.3 is 4.74 Å². The van der Waals surface area contributed by atoms with Gasteiger partial charge in [-0.25, -0.2) is 4.79 Å². The lowest BCUT2D eigenvalue weighted by molar-refractivity contribution is -0.122. The first-order chi connectivity index (χ1) is 11.2. The monoisotopic (exact) mass is 349 g/mol. The number of hydrogen-bond acceptors (Lipinski definition) is 4. The number of hydrogen-bond donors (Lipinski definition) is 0. The van der Waals surface area contributed by atoms with E-state index in [2.05, 4.69) is 0 Å². The van der Waals surface area contributed by atoms with Crippen LogP contribution in [0.15, 0.2) is 41.8 Å². The predicted molar refractivity (Wildman–Crippen MR) is 89.8 cm³/mol. The molecule has 1 amide bonds. The number of ketones is 1. The van der Waals surface area contributed by atoms with Gasteiger partial charge in [0.25, 0.3) is 0 Å². The van der Waals surface area contributed by atoms with Gasteiger partial charge in [0.15, 0.2) is 5.78 Å². The van der Waals surface area contributed by atoms with Crippen LogP contribution in [0.1, 0.15) is 22.0 Å². The molecule has 1 unspecified atom stereocenters. The van der Waals surface area contributed by atoms with Crippen molar-refractivity contribution in [1.82, 2.24) is 4.90 Å². The summed E-state index contributed by atoms with van der Waals surface area (Å²) >= 11 is 7.34. The van der Waals surface area contributed by atoms with Gasteiger partial charge in [0.1, 0.15) is 12.6 Å². The molecule has 0 spiro atoms. The lowest BCUT2D eigenvalue weighted by atomic mass is 9.97. The molecular weight excluding hydrogens is 334 g/mol. The number of amides is 1. The smallest absolute Gasteiger partial charge is 0.411 e. The third kappa shape index (κ3) is 3.41. The van der Waals surface area contributed by atoms with Crippen LogP contribution in [0.2, 0.25) is 0 Å². The number of fused-ring (bicyclic) bond motifs is 1. The summed E-state index contributed by atoms with van der Waals surface area (Å²) in [7, 11) is 0. The second kappa shape index (κ2) is 7.15. The van der Waals surface area contributed by atoms with Gasteiger partial charge >= 0.3 is 6.09 Å². The highest BCUT2D eigenvalue weighted by molar-refractivity contribution is 7.10. The molecule has 0 saturated carbocycles. The topological polar surface area (TPSA) is 46.6 Å². The Balaban J connectivity index is 1.75. The van der Waals surface area contributed by atoms with E-state index >= 15 is 0 Å². The highest BCUT2D eigenvalue weighted by Gasteiger charge is 2.36. The number of rotatable bonds is 4. The van der Waals surface area contributed by atoms with Crippen molar-refractivity contribution in [1.29, 1.82) is 0 Å². The minimum Gasteiger partial charge on any atom is -0.445 e. The van der Waals surface area contributed by atoms with E-state index in [9.17, 15) is 9.59 Å². The lowest BCUT2D eigenvalue weighted by Gasteiger charge is -2.33. The molecule has 23 heavy (non-hydrogen) atoms. The van der Waals surface area contributed by atoms with Crippen molar-refractivity contribution in [2.45, 2.75) is 19.1 Å². The largest absolute Gasteiger partial charge is 0.445 e. The zero-order valence-corrected chi connectivity index (χ0v) is 14.0. The Labute approximate surface area is 143 Å². The first-order valence-corrected chi connectivity index (χ1v) is 8.74.